The maximum atomic E-state index is 6.42. The summed E-state index contributed by atoms with van der Waals surface area (Å²) >= 11 is 3.68. The lowest BCUT2D eigenvalue weighted by Gasteiger charge is -2.32. The van der Waals surface area contributed by atoms with E-state index in [4.69, 9.17) is 4.42 Å². The number of nitrogens with zero attached hydrogens (tertiary/aromatic N) is 1. The summed E-state index contributed by atoms with van der Waals surface area (Å²) in [6, 6.07) is 66.2. The van der Waals surface area contributed by atoms with Crippen molar-refractivity contribution in [2.75, 3.05) is 4.90 Å². The molecule has 2 aliphatic carbocycles. The lowest BCUT2D eigenvalue weighted by Crippen LogP contribution is -2.26. The molecule has 9 aromatic rings. The predicted molar refractivity (Wildman–Crippen MR) is 218 cm³/mol. The predicted octanol–water partition coefficient (Wildman–Crippen LogP) is 13.8. The zero-order chi connectivity index (χ0) is 34.4. The quantitative estimate of drug-likeness (QED) is 0.179. The molecule has 0 N–H and O–H groups in total. The van der Waals surface area contributed by atoms with E-state index in [1.54, 1.807) is 0 Å². The average Bonchev–Trinajstić information content (AvgIpc) is 3.83. The van der Waals surface area contributed by atoms with Crippen molar-refractivity contribution in [3.05, 3.63) is 209 Å². The molecule has 1 aromatic heterocycles. The minimum absolute atomic E-state index is 0.407. The van der Waals surface area contributed by atoms with Crippen molar-refractivity contribution in [1.82, 2.24) is 0 Å². The van der Waals surface area contributed by atoms with Crippen LogP contribution < -0.4 is 4.90 Å². The number of anilines is 3. The van der Waals surface area contributed by atoms with Gasteiger partial charge >= 0.3 is 0 Å². The van der Waals surface area contributed by atoms with Crippen molar-refractivity contribution in [3.8, 4) is 33.4 Å². The van der Waals surface area contributed by atoms with Gasteiger partial charge in [0, 0.05) is 37.9 Å². The first-order valence-electron chi connectivity index (χ1n) is 17.7. The molecule has 8 aromatic carbocycles. The molecule has 3 heteroatoms. The van der Waals surface area contributed by atoms with Gasteiger partial charge in [-0.3, -0.25) is 0 Å². The second kappa shape index (κ2) is 11.2. The number of fused-ring (bicyclic) bond motifs is 13. The Labute approximate surface area is 310 Å². The van der Waals surface area contributed by atoms with E-state index in [1.165, 1.54) is 44.5 Å². The SMILES string of the molecule is Brc1ccc(N(c2ccc(-c3cccc4c3oc3ccccc34)cc2)c2ccc3c(c2)C2(c4ccccc4-c4ccccc42)c2ccccc2-3)cc1. The Morgan fingerprint density at radius 2 is 0.904 bits per heavy atom. The van der Waals surface area contributed by atoms with Crippen LogP contribution in [-0.4, -0.2) is 0 Å². The molecule has 244 valence electrons. The van der Waals surface area contributed by atoms with E-state index in [2.05, 4.69) is 191 Å². The van der Waals surface area contributed by atoms with E-state index < -0.39 is 5.41 Å². The van der Waals surface area contributed by atoms with Crippen molar-refractivity contribution in [3.63, 3.8) is 0 Å². The summed E-state index contributed by atoms with van der Waals surface area (Å²) in [6.07, 6.45) is 0. The fraction of sp³-hybridized carbons (Fsp3) is 0.0204. The van der Waals surface area contributed by atoms with Crippen LogP contribution in [0.4, 0.5) is 17.1 Å². The molecule has 0 radical (unpaired) electrons. The van der Waals surface area contributed by atoms with Gasteiger partial charge in [0.25, 0.3) is 0 Å². The van der Waals surface area contributed by atoms with Gasteiger partial charge < -0.3 is 9.32 Å². The second-order valence-corrected chi connectivity index (χ2v) is 14.7. The van der Waals surface area contributed by atoms with E-state index in [1.807, 2.05) is 12.1 Å². The van der Waals surface area contributed by atoms with Crippen LogP contribution in [0, 0.1) is 0 Å². The number of halogens is 1. The number of benzene rings is 8. The van der Waals surface area contributed by atoms with E-state index in [-0.39, 0.29) is 0 Å². The zero-order valence-electron chi connectivity index (χ0n) is 28.1. The molecule has 52 heavy (non-hydrogen) atoms. The maximum Gasteiger partial charge on any atom is 0.143 e. The molecule has 0 fully saturated rings. The highest BCUT2D eigenvalue weighted by atomic mass is 79.9. The van der Waals surface area contributed by atoms with Crippen LogP contribution in [0.3, 0.4) is 0 Å². The molecule has 1 spiro atoms. The van der Waals surface area contributed by atoms with Crippen molar-refractivity contribution >= 4 is 54.9 Å². The summed E-state index contributed by atoms with van der Waals surface area (Å²) < 4.78 is 7.46. The number of para-hydroxylation sites is 2. The minimum Gasteiger partial charge on any atom is -0.455 e. The smallest absolute Gasteiger partial charge is 0.143 e. The summed E-state index contributed by atoms with van der Waals surface area (Å²) in [5.74, 6) is 0. The summed E-state index contributed by atoms with van der Waals surface area (Å²) in [5, 5.41) is 2.28. The summed E-state index contributed by atoms with van der Waals surface area (Å²) in [6.45, 7) is 0. The van der Waals surface area contributed by atoms with Gasteiger partial charge in [0.05, 0.1) is 5.41 Å². The highest BCUT2D eigenvalue weighted by Crippen LogP contribution is 2.63. The Balaban J connectivity index is 1.10. The fourth-order valence-corrected chi connectivity index (χ4v) is 9.29. The van der Waals surface area contributed by atoms with E-state index in [0.717, 1.165) is 54.6 Å². The molecule has 0 saturated carbocycles. The molecule has 0 unspecified atom stereocenters. The highest BCUT2D eigenvalue weighted by molar-refractivity contribution is 9.10. The van der Waals surface area contributed by atoms with Crippen LogP contribution in [-0.2, 0) is 5.41 Å². The first-order chi connectivity index (χ1) is 25.7. The first kappa shape index (κ1) is 29.6. The fourth-order valence-electron chi connectivity index (χ4n) is 9.02. The largest absolute Gasteiger partial charge is 0.455 e. The molecule has 2 nitrogen and oxygen atoms in total. The third kappa shape index (κ3) is 4.06. The Hall–Kier alpha value is -6.16. The lowest BCUT2D eigenvalue weighted by molar-refractivity contribution is 0.670. The molecular formula is C49H30BrNO. The van der Waals surface area contributed by atoms with Gasteiger partial charge in [0.1, 0.15) is 11.2 Å². The zero-order valence-corrected chi connectivity index (χ0v) is 29.6. The van der Waals surface area contributed by atoms with Crippen molar-refractivity contribution in [2.24, 2.45) is 0 Å². The van der Waals surface area contributed by atoms with Crippen LogP contribution in [0.15, 0.2) is 191 Å². The van der Waals surface area contributed by atoms with E-state index in [9.17, 15) is 0 Å². The molecule has 0 atom stereocenters. The summed E-state index contributed by atoms with van der Waals surface area (Å²) in [4.78, 5) is 2.38. The normalized spacial score (nSPS) is 13.2. The van der Waals surface area contributed by atoms with Crippen molar-refractivity contribution < 1.29 is 4.42 Å². The van der Waals surface area contributed by atoms with Gasteiger partial charge in [-0.05, 0) is 105 Å². The van der Waals surface area contributed by atoms with Gasteiger partial charge in [0.15, 0.2) is 0 Å². The Morgan fingerprint density at radius 3 is 1.56 bits per heavy atom. The maximum absolute atomic E-state index is 6.42. The summed E-state index contributed by atoms with van der Waals surface area (Å²) in [5.41, 5.74) is 17.5. The van der Waals surface area contributed by atoms with Crippen molar-refractivity contribution in [1.29, 1.82) is 0 Å². The Kier molecular flexibility index (Phi) is 6.35. The van der Waals surface area contributed by atoms with Crippen LogP contribution in [0.1, 0.15) is 22.3 Å². The topological polar surface area (TPSA) is 16.4 Å². The molecule has 0 saturated heterocycles. The van der Waals surface area contributed by atoms with Gasteiger partial charge in [-0.2, -0.15) is 0 Å². The number of furan rings is 1. The minimum atomic E-state index is -0.407. The number of hydrogen-bond donors (Lipinski definition) is 0. The molecule has 0 aliphatic heterocycles. The van der Waals surface area contributed by atoms with E-state index >= 15 is 0 Å². The highest BCUT2D eigenvalue weighted by Gasteiger charge is 2.51. The van der Waals surface area contributed by atoms with Gasteiger partial charge in [0.2, 0.25) is 0 Å². The lowest BCUT2D eigenvalue weighted by atomic mass is 9.70. The average molecular weight is 729 g/mol. The number of hydrogen-bond acceptors (Lipinski definition) is 2. The number of rotatable bonds is 4. The van der Waals surface area contributed by atoms with Crippen LogP contribution in [0.2, 0.25) is 0 Å². The first-order valence-corrected chi connectivity index (χ1v) is 18.5. The standard InChI is InChI=1S/C49H30BrNO/c50-32-22-26-34(27-23-32)51(33-24-20-31(21-25-33)36-14-9-15-42-41-13-4-8-19-47(41)52-48(36)42)35-28-29-40-39-12-3-7-18-45(39)49(46(40)30-35)43-16-5-1-10-37(43)38-11-2-6-17-44(38)49/h1-30H. The molecule has 0 bridgehead atoms. The van der Waals surface area contributed by atoms with E-state index in [0.29, 0.717) is 0 Å². The van der Waals surface area contributed by atoms with Gasteiger partial charge in [-0.25, -0.2) is 0 Å². The Morgan fingerprint density at radius 1 is 0.404 bits per heavy atom. The third-order valence-electron chi connectivity index (χ3n) is 11.2. The monoisotopic (exact) mass is 727 g/mol. The second-order valence-electron chi connectivity index (χ2n) is 13.8. The van der Waals surface area contributed by atoms with Gasteiger partial charge in [-0.1, -0.05) is 143 Å². The molecule has 2 aliphatic rings. The third-order valence-corrected chi connectivity index (χ3v) is 11.7. The van der Waals surface area contributed by atoms with Crippen LogP contribution >= 0.6 is 15.9 Å². The molecule has 0 amide bonds. The van der Waals surface area contributed by atoms with Gasteiger partial charge in [-0.15, -0.1) is 0 Å². The molecule has 11 rings (SSSR count). The summed E-state index contributed by atoms with van der Waals surface area (Å²) in [7, 11) is 0. The Bertz CT molecular complexity index is 2800. The van der Waals surface area contributed by atoms with Crippen molar-refractivity contribution in [2.45, 2.75) is 5.41 Å². The van der Waals surface area contributed by atoms with Crippen LogP contribution in [0.25, 0.3) is 55.3 Å². The molecule has 1 heterocycles. The van der Waals surface area contributed by atoms with Crippen LogP contribution in [0.5, 0.6) is 0 Å². The molecular weight excluding hydrogens is 698 g/mol.